The quantitative estimate of drug-likeness (QED) is 0.229. The van der Waals surface area contributed by atoms with Crippen molar-refractivity contribution >= 4 is 46.9 Å². The van der Waals surface area contributed by atoms with Gasteiger partial charge in [-0.3, -0.25) is 0 Å². The molecule has 3 rings (SSSR count). The van der Waals surface area contributed by atoms with E-state index >= 15 is 0 Å². The molecule has 0 radical (unpaired) electrons. The Kier molecular flexibility index (Phi) is 9.21. The Morgan fingerprint density at radius 1 is 1.06 bits per heavy atom. The zero-order valence-corrected chi connectivity index (χ0v) is 21.7. The predicted molar refractivity (Wildman–Crippen MR) is 137 cm³/mol. The predicted octanol–water partition coefficient (Wildman–Crippen LogP) is 7.48. The highest BCUT2D eigenvalue weighted by Crippen LogP contribution is 2.44. The smallest absolute Gasteiger partial charge is 0.407 e. The minimum Gasteiger partial charge on any atom is -0.444 e. The molecule has 0 aliphatic rings. The maximum atomic E-state index is 14.8. The first-order valence-corrected chi connectivity index (χ1v) is 12.4. The molecule has 1 atom stereocenters. The van der Waals surface area contributed by atoms with Gasteiger partial charge >= 0.3 is 6.09 Å². The van der Waals surface area contributed by atoms with Crippen molar-refractivity contribution in [2.24, 2.45) is 0 Å². The third kappa shape index (κ3) is 8.26. The average Bonchev–Trinajstić information content (AvgIpc) is 2.78. The Bertz CT molecular complexity index is 1170. The molecule has 186 valence electrons. The number of halogens is 4. The van der Waals surface area contributed by atoms with E-state index in [4.69, 9.17) is 27.9 Å². The number of hydrogen-bond donors (Lipinski definition) is 2. The number of nitrogens with one attached hydrogen (secondary N) is 2. The monoisotopic (exact) mass is 539 g/mol. The first-order valence-electron chi connectivity index (χ1n) is 10.7. The second-order valence-corrected chi connectivity index (χ2v) is 10.6. The van der Waals surface area contributed by atoms with Crippen molar-refractivity contribution in [3.63, 3.8) is 0 Å². The van der Waals surface area contributed by atoms with Crippen molar-refractivity contribution in [3.8, 4) is 0 Å². The third-order valence-electron chi connectivity index (χ3n) is 4.57. The molecule has 0 aliphatic heterocycles. The van der Waals surface area contributed by atoms with Crippen molar-refractivity contribution < 1.29 is 18.3 Å². The lowest BCUT2D eigenvalue weighted by molar-refractivity contribution is 0.0530. The van der Waals surface area contributed by atoms with Crippen LogP contribution in [0.25, 0.3) is 0 Å². The topological polar surface area (TPSA) is 63.2 Å². The molecule has 35 heavy (non-hydrogen) atoms. The highest BCUT2D eigenvalue weighted by atomic mass is 35.5. The summed E-state index contributed by atoms with van der Waals surface area (Å²) in [6.45, 7) is 5.99. The van der Waals surface area contributed by atoms with Crippen LogP contribution in [0.3, 0.4) is 0 Å². The summed E-state index contributed by atoms with van der Waals surface area (Å²) in [7, 11) is 0. The Labute approximate surface area is 217 Å². The van der Waals surface area contributed by atoms with Crippen LogP contribution in [-0.2, 0) is 4.74 Å². The summed E-state index contributed by atoms with van der Waals surface area (Å²) >= 11 is 13.8. The van der Waals surface area contributed by atoms with E-state index in [9.17, 15) is 13.6 Å². The largest absolute Gasteiger partial charge is 0.444 e. The van der Waals surface area contributed by atoms with E-state index in [-0.39, 0.29) is 12.1 Å². The lowest BCUT2D eigenvalue weighted by Crippen LogP contribution is -2.35. The number of benzene rings is 2. The summed E-state index contributed by atoms with van der Waals surface area (Å²) in [4.78, 5) is 16.9. The average molecular weight is 540 g/mol. The van der Waals surface area contributed by atoms with Gasteiger partial charge < -0.3 is 15.4 Å². The number of pyridine rings is 1. The van der Waals surface area contributed by atoms with Crippen molar-refractivity contribution in [3.05, 3.63) is 87.5 Å². The van der Waals surface area contributed by atoms with Gasteiger partial charge in [0.15, 0.2) is 0 Å². The molecular weight excluding hydrogens is 515 g/mol. The molecule has 2 N–H and O–H groups in total. The van der Waals surface area contributed by atoms with Crippen molar-refractivity contribution in [1.82, 2.24) is 10.3 Å². The highest BCUT2D eigenvalue weighted by Gasteiger charge is 2.24. The van der Waals surface area contributed by atoms with Crippen molar-refractivity contribution in [2.75, 3.05) is 18.4 Å². The number of rotatable bonds is 8. The molecule has 0 fully saturated rings. The van der Waals surface area contributed by atoms with Crippen LogP contribution in [0.5, 0.6) is 0 Å². The first kappa shape index (κ1) is 27.0. The summed E-state index contributed by atoms with van der Waals surface area (Å²) in [5.41, 5.74) is 0.108. The van der Waals surface area contributed by atoms with E-state index in [0.717, 1.165) is 23.1 Å². The molecule has 0 bridgehead atoms. The van der Waals surface area contributed by atoms with E-state index in [2.05, 4.69) is 15.6 Å². The van der Waals surface area contributed by atoms with Crippen LogP contribution in [0.1, 0.15) is 37.1 Å². The van der Waals surface area contributed by atoms with Gasteiger partial charge in [0.25, 0.3) is 0 Å². The number of ether oxygens (including phenoxy) is 1. The normalized spacial score (nSPS) is 12.2. The second kappa shape index (κ2) is 11.9. The van der Waals surface area contributed by atoms with Crippen LogP contribution >= 0.6 is 35.0 Å². The molecule has 3 aromatic rings. The Morgan fingerprint density at radius 3 is 2.46 bits per heavy atom. The number of nitrogens with zero attached hydrogens (tertiary/aromatic N) is 1. The van der Waals surface area contributed by atoms with Gasteiger partial charge in [-0.25, -0.2) is 18.6 Å². The molecule has 1 heterocycles. The molecule has 0 spiro atoms. The standard InChI is InChI=1S/C25H25Cl2F2N3O2S/c1-25(2,3)34-24(33)31-11-10-30-22-13-18(20(27)14-32-22)23(19-12-16(28)6-9-21(19)29)35-17-7-4-15(26)5-8-17/h4-9,12-14,23H,10-11H2,1-3H3,(H,30,32)(H,31,33). The maximum absolute atomic E-state index is 14.8. The molecule has 0 saturated carbocycles. The van der Waals surface area contributed by atoms with Gasteiger partial charge in [-0.05, 0) is 74.9 Å². The molecule has 2 aromatic carbocycles. The lowest BCUT2D eigenvalue weighted by atomic mass is 10.0. The van der Waals surface area contributed by atoms with Crippen molar-refractivity contribution in [2.45, 2.75) is 36.5 Å². The van der Waals surface area contributed by atoms with E-state index in [0.29, 0.717) is 28.0 Å². The van der Waals surface area contributed by atoms with Crippen LogP contribution in [0.2, 0.25) is 10.0 Å². The minimum absolute atomic E-state index is 0.149. The minimum atomic E-state index is -0.664. The summed E-state index contributed by atoms with van der Waals surface area (Å²) in [5.74, 6) is -0.643. The maximum Gasteiger partial charge on any atom is 0.407 e. The van der Waals surface area contributed by atoms with Crippen LogP contribution < -0.4 is 10.6 Å². The fraction of sp³-hybridized carbons (Fsp3) is 0.280. The summed E-state index contributed by atoms with van der Waals surface area (Å²) in [6, 6.07) is 12.1. The van der Waals surface area contributed by atoms with Crippen LogP contribution in [0.15, 0.2) is 59.6 Å². The number of hydrogen-bond acceptors (Lipinski definition) is 5. The summed E-state index contributed by atoms with van der Waals surface area (Å²) in [5, 5.41) is 5.96. The molecule has 1 unspecified atom stereocenters. The molecule has 1 amide bonds. The zero-order valence-electron chi connectivity index (χ0n) is 19.4. The highest BCUT2D eigenvalue weighted by molar-refractivity contribution is 7.99. The van der Waals surface area contributed by atoms with Crippen LogP contribution in [-0.4, -0.2) is 29.8 Å². The number of carbonyl (C=O) groups excluding carboxylic acids is 1. The molecule has 5 nitrogen and oxygen atoms in total. The van der Waals surface area contributed by atoms with Gasteiger partial charge in [-0.15, -0.1) is 11.8 Å². The zero-order chi connectivity index (χ0) is 25.6. The molecule has 0 aliphatic carbocycles. The summed E-state index contributed by atoms with van der Waals surface area (Å²) in [6.07, 6.45) is 0.928. The number of amides is 1. The van der Waals surface area contributed by atoms with Gasteiger partial charge in [0, 0.05) is 34.8 Å². The third-order valence-corrected chi connectivity index (χ3v) is 6.43. The Hall–Kier alpha value is -2.55. The fourth-order valence-corrected chi connectivity index (χ4v) is 4.68. The van der Waals surface area contributed by atoms with Crippen LogP contribution in [0.4, 0.5) is 19.4 Å². The number of alkyl carbamates (subject to hydrolysis) is 1. The number of aromatic nitrogens is 1. The Balaban J connectivity index is 1.82. The molecule has 10 heteroatoms. The van der Waals surface area contributed by atoms with E-state index in [1.54, 1.807) is 51.1 Å². The number of carbonyl (C=O) groups is 1. The molecule has 0 saturated heterocycles. The Morgan fingerprint density at radius 2 is 1.77 bits per heavy atom. The van der Waals surface area contributed by atoms with Gasteiger partial charge in [0.05, 0.1) is 10.3 Å². The van der Waals surface area contributed by atoms with E-state index in [1.165, 1.54) is 18.0 Å². The van der Waals surface area contributed by atoms with E-state index in [1.807, 2.05) is 0 Å². The first-order chi connectivity index (χ1) is 16.5. The molecule has 1 aromatic heterocycles. The van der Waals surface area contributed by atoms with Gasteiger partial charge in [-0.2, -0.15) is 0 Å². The molecular formula is C25H25Cl2F2N3O2S. The van der Waals surface area contributed by atoms with Gasteiger partial charge in [0.2, 0.25) is 0 Å². The number of thioether (sulfide) groups is 1. The number of anilines is 1. The van der Waals surface area contributed by atoms with Crippen LogP contribution in [0, 0.1) is 11.6 Å². The van der Waals surface area contributed by atoms with Gasteiger partial charge in [-0.1, -0.05) is 23.2 Å². The van der Waals surface area contributed by atoms with Crippen molar-refractivity contribution in [1.29, 1.82) is 0 Å². The van der Waals surface area contributed by atoms with Gasteiger partial charge in [0.1, 0.15) is 23.1 Å². The summed E-state index contributed by atoms with van der Waals surface area (Å²) < 4.78 is 34.1. The second-order valence-electron chi connectivity index (χ2n) is 8.56. The lowest BCUT2D eigenvalue weighted by Gasteiger charge is -2.21. The van der Waals surface area contributed by atoms with E-state index < -0.39 is 28.6 Å². The SMILES string of the molecule is CC(C)(C)OC(=O)NCCNc1cc(C(Sc2ccc(Cl)cc2)c2cc(F)ccc2F)c(Cl)cn1. The fourth-order valence-electron chi connectivity index (χ4n) is 3.08.